The lowest BCUT2D eigenvalue weighted by molar-refractivity contribution is -0.752. The van der Waals surface area contributed by atoms with Crippen molar-refractivity contribution in [2.24, 2.45) is 17.8 Å². The average molecular weight is 277 g/mol. The van der Waals surface area contributed by atoms with E-state index in [4.69, 9.17) is 11.6 Å². The molecule has 0 radical (unpaired) electrons. The van der Waals surface area contributed by atoms with Crippen molar-refractivity contribution in [2.75, 3.05) is 0 Å². The highest BCUT2D eigenvalue weighted by Crippen LogP contribution is 2.54. The van der Waals surface area contributed by atoms with Crippen LogP contribution in [0.25, 0.3) is 0 Å². The summed E-state index contributed by atoms with van der Waals surface area (Å²) in [6.07, 6.45) is 9.04. The highest BCUT2D eigenvalue weighted by atomic mass is 35.5. The van der Waals surface area contributed by atoms with Crippen LogP contribution in [0.2, 0.25) is 5.02 Å². The van der Waals surface area contributed by atoms with Gasteiger partial charge in [-0.1, -0.05) is 23.7 Å². The van der Waals surface area contributed by atoms with Gasteiger partial charge in [0.15, 0.2) is 0 Å². The summed E-state index contributed by atoms with van der Waals surface area (Å²) in [5.41, 5.74) is 2.01. The summed E-state index contributed by atoms with van der Waals surface area (Å²) in [5, 5.41) is 3.51. The molecule has 2 N–H and O–H groups in total. The van der Waals surface area contributed by atoms with Gasteiger partial charge in [-0.3, -0.25) is 0 Å². The topological polar surface area (TPSA) is 16.6 Å². The van der Waals surface area contributed by atoms with Crippen LogP contribution in [0, 0.1) is 17.8 Å². The molecule has 4 aliphatic rings. The largest absolute Gasteiger partial charge is 0.338 e. The minimum atomic E-state index is 0.592. The number of hydrogen-bond donors (Lipinski definition) is 1. The summed E-state index contributed by atoms with van der Waals surface area (Å²) in [4.78, 5) is 0. The molecule has 0 aromatic heterocycles. The molecule has 4 fully saturated rings. The fourth-order valence-corrected chi connectivity index (χ4v) is 5.51. The Balaban J connectivity index is 1.46. The summed E-state index contributed by atoms with van der Waals surface area (Å²) < 4.78 is 0. The van der Waals surface area contributed by atoms with Gasteiger partial charge in [0.2, 0.25) is 0 Å². The van der Waals surface area contributed by atoms with Crippen LogP contribution in [0.5, 0.6) is 0 Å². The Bertz CT molecular complexity index is 429. The molecule has 0 heterocycles. The van der Waals surface area contributed by atoms with Crippen LogP contribution in [0.15, 0.2) is 24.3 Å². The molecule has 0 unspecified atom stereocenters. The van der Waals surface area contributed by atoms with E-state index >= 15 is 0 Å². The van der Waals surface area contributed by atoms with Gasteiger partial charge in [-0.15, -0.1) is 0 Å². The molecule has 1 nitrogen and oxygen atoms in total. The maximum absolute atomic E-state index is 5.96. The van der Waals surface area contributed by atoms with Crippen molar-refractivity contribution < 1.29 is 5.32 Å². The Kier molecular flexibility index (Phi) is 2.89. The first-order valence-electron chi connectivity index (χ1n) is 7.80. The maximum Gasteiger partial charge on any atom is 0.102 e. The van der Waals surface area contributed by atoms with Crippen LogP contribution in [-0.4, -0.2) is 5.54 Å². The molecule has 102 valence electrons. The number of rotatable bonds is 3. The molecule has 4 saturated carbocycles. The summed E-state index contributed by atoms with van der Waals surface area (Å²) >= 11 is 5.96. The highest BCUT2D eigenvalue weighted by molar-refractivity contribution is 6.30. The summed E-state index contributed by atoms with van der Waals surface area (Å²) in [6.45, 7) is 1.13. The molecule has 1 aromatic rings. The minimum Gasteiger partial charge on any atom is -0.338 e. The second-order valence-corrected chi connectivity index (χ2v) is 7.75. The Morgan fingerprint density at radius 3 is 2.00 bits per heavy atom. The Morgan fingerprint density at radius 2 is 1.47 bits per heavy atom. The Hall–Kier alpha value is -0.530. The average Bonchev–Trinajstić information content (AvgIpc) is 2.36. The van der Waals surface area contributed by atoms with E-state index in [1.54, 1.807) is 0 Å². The fraction of sp³-hybridized carbons (Fsp3) is 0.647. The number of halogens is 1. The molecular weight excluding hydrogens is 254 g/mol. The van der Waals surface area contributed by atoms with Gasteiger partial charge in [-0.05, 0) is 49.1 Å². The summed E-state index contributed by atoms with van der Waals surface area (Å²) in [7, 11) is 0. The van der Waals surface area contributed by atoms with Crippen molar-refractivity contribution in [3.8, 4) is 0 Å². The Labute approximate surface area is 120 Å². The summed E-state index contributed by atoms with van der Waals surface area (Å²) in [5.74, 6) is 3.15. The maximum atomic E-state index is 5.96. The molecule has 0 spiro atoms. The van der Waals surface area contributed by atoms with Crippen molar-refractivity contribution in [3.63, 3.8) is 0 Å². The second kappa shape index (κ2) is 4.49. The zero-order valence-electron chi connectivity index (χ0n) is 11.4. The molecule has 19 heavy (non-hydrogen) atoms. The van der Waals surface area contributed by atoms with E-state index in [1.165, 1.54) is 44.1 Å². The summed E-state index contributed by atoms with van der Waals surface area (Å²) in [6, 6.07) is 8.40. The molecule has 2 heteroatoms. The van der Waals surface area contributed by atoms with E-state index in [-0.39, 0.29) is 0 Å². The van der Waals surface area contributed by atoms with Gasteiger partial charge in [-0.2, -0.15) is 0 Å². The molecule has 1 aromatic carbocycles. The fourth-order valence-electron chi connectivity index (χ4n) is 5.38. The third-order valence-corrected chi connectivity index (χ3v) is 6.02. The van der Waals surface area contributed by atoms with Crippen molar-refractivity contribution >= 4 is 11.6 Å². The zero-order chi connectivity index (χ0) is 12.9. The second-order valence-electron chi connectivity index (χ2n) is 7.31. The lowest BCUT2D eigenvalue weighted by Gasteiger charge is -2.54. The number of hydrogen-bond acceptors (Lipinski definition) is 0. The monoisotopic (exact) mass is 276 g/mol. The minimum absolute atomic E-state index is 0.592. The first kappa shape index (κ1) is 12.2. The molecule has 4 aliphatic carbocycles. The number of nitrogens with two attached hydrogens (primary N) is 1. The lowest BCUT2D eigenvalue weighted by Crippen LogP contribution is -2.97. The van der Waals surface area contributed by atoms with Crippen LogP contribution in [0.1, 0.15) is 44.1 Å². The lowest BCUT2D eigenvalue weighted by atomic mass is 9.53. The number of benzene rings is 1. The molecule has 4 bridgehead atoms. The van der Waals surface area contributed by atoms with Crippen molar-refractivity contribution in [1.29, 1.82) is 0 Å². The van der Waals surface area contributed by atoms with Crippen molar-refractivity contribution in [2.45, 2.75) is 50.6 Å². The standard InChI is InChI=1S/C17H22ClN/c18-16-3-1-12(2-4-16)11-19-17-8-13-5-14(9-17)7-15(6-13)10-17/h1-4,13-15,19H,5-11H2/p+1. The van der Waals surface area contributed by atoms with Crippen LogP contribution in [0.4, 0.5) is 0 Å². The third kappa shape index (κ3) is 2.32. The van der Waals surface area contributed by atoms with Gasteiger partial charge in [-0.25, -0.2) is 0 Å². The molecule has 0 aliphatic heterocycles. The molecular formula is C17H23ClN+. The van der Waals surface area contributed by atoms with Gasteiger partial charge in [0.25, 0.3) is 0 Å². The van der Waals surface area contributed by atoms with Crippen LogP contribution in [0.3, 0.4) is 0 Å². The van der Waals surface area contributed by atoms with E-state index in [0.717, 1.165) is 29.3 Å². The molecule has 0 amide bonds. The van der Waals surface area contributed by atoms with Gasteiger partial charge >= 0.3 is 0 Å². The van der Waals surface area contributed by atoms with E-state index in [9.17, 15) is 0 Å². The molecule has 0 saturated heterocycles. The normalized spacial score (nSPS) is 39.7. The van der Waals surface area contributed by atoms with Gasteiger partial charge in [0, 0.05) is 29.8 Å². The van der Waals surface area contributed by atoms with E-state index in [0.29, 0.717) is 5.54 Å². The predicted molar refractivity (Wildman–Crippen MR) is 78.0 cm³/mol. The van der Waals surface area contributed by atoms with Gasteiger partial charge in [0.05, 0.1) is 5.54 Å². The van der Waals surface area contributed by atoms with Crippen molar-refractivity contribution in [3.05, 3.63) is 34.9 Å². The molecule has 0 atom stereocenters. The molecule has 5 rings (SSSR count). The van der Waals surface area contributed by atoms with Crippen molar-refractivity contribution in [1.82, 2.24) is 0 Å². The van der Waals surface area contributed by atoms with Crippen LogP contribution < -0.4 is 5.32 Å². The smallest absolute Gasteiger partial charge is 0.102 e. The third-order valence-electron chi connectivity index (χ3n) is 5.77. The zero-order valence-corrected chi connectivity index (χ0v) is 12.2. The first-order valence-corrected chi connectivity index (χ1v) is 8.17. The van der Waals surface area contributed by atoms with E-state index in [1.807, 2.05) is 12.1 Å². The quantitative estimate of drug-likeness (QED) is 0.872. The first-order chi connectivity index (χ1) is 9.21. The predicted octanol–water partition coefficient (Wildman–Crippen LogP) is 3.37. The van der Waals surface area contributed by atoms with E-state index < -0.39 is 0 Å². The van der Waals surface area contributed by atoms with Crippen LogP contribution in [-0.2, 0) is 6.54 Å². The van der Waals surface area contributed by atoms with Gasteiger partial charge in [0.1, 0.15) is 6.54 Å². The van der Waals surface area contributed by atoms with Crippen LogP contribution >= 0.6 is 11.6 Å². The Morgan fingerprint density at radius 1 is 0.947 bits per heavy atom. The van der Waals surface area contributed by atoms with E-state index in [2.05, 4.69) is 17.4 Å². The van der Waals surface area contributed by atoms with Gasteiger partial charge < -0.3 is 5.32 Å². The SMILES string of the molecule is Clc1ccc(C[NH2+]C23CC4CC(CC(C4)C2)C3)cc1. The number of quaternary nitrogens is 1. The highest BCUT2D eigenvalue weighted by Gasteiger charge is 2.53.